The topological polar surface area (TPSA) is 140 Å². The van der Waals surface area contributed by atoms with Crippen LogP contribution >= 0.6 is 0 Å². The third-order valence-electron chi connectivity index (χ3n) is 9.04. The molecule has 45 heavy (non-hydrogen) atoms. The number of para-hydroxylation sites is 1. The van der Waals surface area contributed by atoms with E-state index in [-0.39, 0.29) is 36.0 Å². The van der Waals surface area contributed by atoms with E-state index in [0.717, 1.165) is 55.4 Å². The molecule has 0 aliphatic carbocycles. The number of carbonyl (C=O) groups is 3. The van der Waals surface area contributed by atoms with Crippen molar-refractivity contribution in [1.29, 1.82) is 0 Å². The zero-order valence-electron chi connectivity index (χ0n) is 26.9. The van der Waals surface area contributed by atoms with Crippen LogP contribution in [0.4, 0.5) is 0 Å². The number of carbonyl (C=O) groups excluding carboxylic acids is 3. The van der Waals surface area contributed by atoms with Gasteiger partial charge in [-0.2, -0.15) is 0 Å². The van der Waals surface area contributed by atoms with Crippen LogP contribution in [0.25, 0.3) is 0 Å². The van der Waals surface area contributed by atoms with Crippen LogP contribution in [-0.2, 0) is 33.6 Å². The Balaban J connectivity index is 1.66. The van der Waals surface area contributed by atoms with Crippen LogP contribution < -0.4 is 20.7 Å². The number of amides is 3. The van der Waals surface area contributed by atoms with Crippen molar-refractivity contribution in [2.75, 3.05) is 26.7 Å². The minimum Gasteiger partial charge on any atom is -0.508 e. The normalized spacial score (nSPS) is 23.5. The number of ether oxygens (including phenoxy) is 1. The molecule has 4 atom stereocenters. The molecule has 0 radical (unpaired) electrons. The Labute approximate surface area is 266 Å². The van der Waals surface area contributed by atoms with E-state index in [1.165, 1.54) is 22.6 Å². The van der Waals surface area contributed by atoms with Crippen molar-refractivity contribution in [2.24, 2.45) is 5.92 Å². The summed E-state index contributed by atoms with van der Waals surface area (Å²) in [6.07, 6.45) is 6.67. The van der Waals surface area contributed by atoms with Gasteiger partial charge in [0.05, 0.1) is 12.6 Å². The number of likely N-dealkylation sites (N-methyl/N-ethyl adjacent to an activating group) is 1. The van der Waals surface area contributed by atoms with Crippen LogP contribution in [0, 0.1) is 5.92 Å². The van der Waals surface area contributed by atoms with Crippen LogP contribution in [0.2, 0.25) is 0 Å². The average molecular weight is 623 g/mol. The lowest BCUT2D eigenvalue weighted by atomic mass is 9.88. The summed E-state index contributed by atoms with van der Waals surface area (Å²) in [5.41, 5.74) is 3.01. The molecule has 0 saturated carbocycles. The van der Waals surface area contributed by atoms with Crippen molar-refractivity contribution >= 4 is 17.7 Å². The number of nitrogens with zero attached hydrogens (tertiary/aromatic N) is 1. The number of fused-ring (bicyclic) bond motifs is 1. The van der Waals surface area contributed by atoms with Crippen LogP contribution in [0.5, 0.6) is 11.5 Å². The number of rotatable bonds is 8. The Bertz CT molecular complexity index is 1280. The Morgan fingerprint density at radius 3 is 2.33 bits per heavy atom. The van der Waals surface area contributed by atoms with Crippen molar-refractivity contribution in [1.82, 2.24) is 20.9 Å². The van der Waals surface area contributed by atoms with E-state index >= 15 is 0 Å². The standard InChI is InChI=1S/C35H50N4O6/c1-4-8-24(9-5-2)31-35(44)39(3)30(22-40)34(43)38-29(20-23-13-16-27(41)17-14-23)33(42)36-19-7-12-25-10-6-11-26-15-18-28(21-37-31)45-32(25)26/h6,10-11,13-14,16-17,24,28-31,37,40-41H,4-5,7-9,12,15,18-22H2,1-3H3,(H,36,42)(H,38,43)/t28?,29-,30+,31+/m1/s1. The lowest BCUT2D eigenvalue weighted by Gasteiger charge is -2.36. The molecule has 0 saturated heterocycles. The zero-order chi connectivity index (χ0) is 32.3. The number of aliphatic hydroxyl groups excluding tert-OH is 1. The molecule has 2 aromatic carbocycles. The molecule has 0 fully saturated rings. The maximum absolute atomic E-state index is 14.1. The lowest BCUT2D eigenvalue weighted by Crippen LogP contribution is -2.59. The summed E-state index contributed by atoms with van der Waals surface area (Å²) in [7, 11) is 1.54. The van der Waals surface area contributed by atoms with Gasteiger partial charge in [-0.05, 0) is 73.3 Å². The second-order valence-electron chi connectivity index (χ2n) is 12.4. The fourth-order valence-corrected chi connectivity index (χ4v) is 6.52. The SMILES string of the molecule is CCCC(CCC)[C@@H]1NCC2CCc3cccc(c3O2)CCCNC(=O)[C@@H](Cc2ccc(O)cc2)NC(=O)[C@H](CO)N(C)C1=O. The van der Waals surface area contributed by atoms with E-state index in [0.29, 0.717) is 25.9 Å². The molecule has 2 aliphatic rings. The van der Waals surface area contributed by atoms with Gasteiger partial charge in [0.1, 0.15) is 29.7 Å². The minimum atomic E-state index is -1.18. The molecule has 10 heteroatoms. The number of nitrogens with one attached hydrogen (secondary N) is 3. The molecular weight excluding hydrogens is 572 g/mol. The van der Waals surface area contributed by atoms with Gasteiger partial charge in [0.25, 0.3) is 0 Å². The maximum Gasteiger partial charge on any atom is 0.245 e. The van der Waals surface area contributed by atoms with Crippen molar-refractivity contribution in [3.8, 4) is 11.5 Å². The Morgan fingerprint density at radius 2 is 1.67 bits per heavy atom. The molecule has 2 bridgehead atoms. The number of aryl methyl sites for hydroxylation is 2. The molecule has 2 aromatic rings. The molecule has 2 heterocycles. The summed E-state index contributed by atoms with van der Waals surface area (Å²) < 4.78 is 6.54. The van der Waals surface area contributed by atoms with Gasteiger partial charge in [-0.15, -0.1) is 0 Å². The monoisotopic (exact) mass is 622 g/mol. The molecule has 2 aliphatic heterocycles. The largest absolute Gasteiger partial charge is 0.508 e. The van der Waals surface area contributed by atoms with E-state index in [1.54, 1.807) is 19.2 Å². The van der Waals surface area contributed by atoms with Crippen LogP contribution in [-0.4, -0.2) is 83.8 Å². The van der Waals surface area contributed by atoms with Gasteiger partial charge in [0.2, 0.25) is 17.7 Å². The first-order chi connectivity index (χ1) is 21.7. The summed E-state index contributed by atoms with van der Waals surface area (Å²) in [6.45, 7) is 4.50. The predicted molar refractivity (Wildman–Crippen MR) is 173 cm³/mol. The van der Waals surface area contributed by atoms with Crippen molar-refractivity contribution in [3.63, 3.8) is 0 Å². The van der Waals surface area contributed by atoms with E-state index in [2.05, 4.69) is 41.9 Å². The number of phenols is 1. The number of hydrogen-bond donors (Lipinski definition) is 5. The van der Waals surface area contributed by atoms with E-state index in [1.807, 2.05) is 6.07 Å². The first kappa shape index (κ1) is 34.2. The first-order valence-electron chi connectivity index (χ1n) is 16.5. The molecule has 0 aromatic heterocycles. The Hall–Kier alpha value is -3.63. The lowest BCUT2D eigenvalue weighted by molar-refractivity contribution is -0.144. The van der Waals surface area contributed by atoms with Crippen LogP contribution in [0.3, 0.4) is 0 Å². The Kier molecular flexibility index (Phi) is 12.6. The average Bonchev–Trinajstić information content (AvgIpc) is 3.03. The summed E-state index contributed by atoms with van der Waals surface area (Å²) in [4.78, 5) is 42.6. The third kappa shape index (κ3) is 8.98. The van der Waals surface area contributed by atoms with Crippen LogP contribution in [0.15, 0.2) is 42.5 Å². The van der Waals surface area contributed by atoms with E-state index < -0.39 is 30.6 Å². The number of aliphatic hydroxyl groups is 1. The smallest absolute Gasteiger partial charge is 0.245 e. The predicted octanol–water partition coefficient (Wildman–Crippen LogP) is 2.87. The molecule has 4 rings (SSSR count). The summed E-state index contributed by atoms with van der Waals surface area (Å²) >= 11 is 0. The second-order valence-corrected chi connectivity index (χ2v) is 12.4. The first-order valence-corrected chi connectivity index (χ1v) is 16.5. The highest BCUT2D eigenvalue weighted by Gasteiger charge is 2.36. The minimum absolute atomic E-state index is 0.0439. The van der Waals surface area contributed by atoms with Crippen LogP contribution in [0.1, 0.15) is 69.1 Å². The van der Waals surface area contributed by atoms with Crippen molar-refractivity contribution in [3.05, 3.63) is 59.2 Å². The summed E-state index contributed by atoms with van der Waals surface area (Å²) in [5, 5.41) is 29.4. The summed E-state index contributed by atoms with van der Waals surface area (Å²) in [6, 6.07) is 9.98. The molecule has 1 unspecified atom stereocenters. The van der Waals surface area contributed by atoms with E-state index in [9.17, 15) is 24.6 Å². The van der Waals surface area contributed by atoms with Gasteiger partial charge in [-0.1, -0.05) is 57.0 Å². The van der Waals surface area contributed by atoms with Gasteiger partial charge >= 0.3 is 0 Å². The van der Waals surface area contributed by atoms with Crippen molar-refractivity contribution < 1.29 is 29.3 Å². The number of aromatic hydroxyl groups is 1. The molecule has 5 N–H and O–H groups in total. The van der Waals surface area contributed by atoms with E-state index in [4.69, 9.17) is 4.74 Å². The highest BCUT2D eigenvalue weighted by Crippen LogP contribution is 2.32. The zero-order valence-corrected chi connectivity index (χ0v) is 26.9. The fraction of sp³-hybridized carbons (Fsp3) is 0.571. The third-order valence-corrected chi connectivity index (χ3v) is 9.04. The molecule has 10 nitrogen and oxygen atoms in total. The highest BCUT2D eigenvalue weighted by molar-refractivity contribution is 5.93. The number of phenolic OH excluding ortho intramolecular Hbond substituents is 1. The van der Waals surface area contributed by atoms with Gasteiger partial charge in [-0.25, -0.2) is 0 Å². The summed E-state index contributed by atoms with van der Waals surface area (Å²) in [5.74, 6) is -0.189. The molecular formula is C35H50N4O6. The molecule has 246 valence electrons. The quantitative estimate of drug-likeness (QED) is 0.305. The van der Waals surface area contributed by atoms with Gasteiger partial charge in [0, 0.05) is 26.6 Å². The number of benzene rings is 2. The highest BCUT2D eigenvalue weighted by atomic mass is 16.5. The maximum atomic E-state index is 14.1. The van der Waals surface area contributed by atoms with Crippen molar-refractivity contribution in [2.45, 2.75) is 95.9 Å². The van der Waals surface area contributed by atoms with Gasteiger partial charge < -0.3 is 35.8 Å². The number of hydrogen-bond acceptors (Lipinski definition) is 7. The Morgan fingerprint density at radius 1 is 0.978 bits per heavy atom. The second kappa shape index (κ2) is 16.6. The fourth-order valence-electron chi connectivity index (χ4n) is 6.52. The molecule has 0 spiro atoms. The molecule has 3 amide bonds. The van der Waals surface area contributed by atoms with Gasteiger partial charge in [-0.3, -0.25) is 14.4 Å². The van der Waals surface area contributed by atoms with Gasteiger partial charge in [0.15, 0.2) is 0 Å².